The number of carbonyl (C=O) groups excluding carboxylic acids is 1. The average Bonchev–Trinajstić information content (AvgIpc) is 3.37. The number of likely N-dealkylation sites (N-methyl/N-ethyl adjacent to an activating group) is 1. The van der Waals surface area contributed by atoms with Gasteiger partial charge in [0.15, 0.2) is 5.95 Å². The molecular weight excluding hydrogens is 440 g/mol. The summed E-state index contributed by atoms with van der Waals surface area (Å²) in [6.07, 6.45) is 9.33. The number of fused-ring (bicyclic) bond motifs is 1. The molecular formula is C23H34N6O3S. The van der Waals surface area contributed by atoms with E-state index in [9.17, 15) is 13.2 Å². The van der Waals surface area contributed by atoms with Crippen molar-refractivity contribution in [2.24, 2.45) is 0 Å². The Balaban J connectivity index is 1.54. The molecule has 180 valence electrons. The van der Waals surface area contributed by atoms with E-state index in [1.807, 2.05) is 11.0 Å². The first kappa shape index (κ1) is 23.6. The van der Waals surface area contributed by atoms with Crippen LogP contribution in [0.4, 0.5) is 11.6 Å². The highest BCUT2D eigenvalue weighted by Crippen LogP contribution is 2.32. The van der Waals surface area contributed by atoms with Gasteiger partial charge in [0, 0.05) is 45.6 Å². The highest BCUT2D eigenvalue weighted by Gasteiger charge is 2.37. The van der Waals surface area contributed by atoms with E-state index < -0.39 is 16.1 Å². The predicted octanol–water partition coefficient (Wildman–Crippen LogP) is 2.66. The average molecular weight is 475 g/mol. The van der Waals surface area contributed by atoms with Crippen LogP contribution in [0.5, 0.6) is 0 Å². The number of likely N-dealkylation sites (tertiary alicyclic amines) is 1. The molecule has 0 bridgehead atoms. The second-order valence-electron chi connectivity index (χ2n) is 8.75. The minimum Gasteiger partial charge on any atom is -0.384 e. The summed E-state index contributed by atoms with van der Waals surface area (Å²) in [5.41, 5.74) is 1.69. The lowest BCUT2D eigenvalue weighted by atomic mass is 10.0. The molecule has 1 atom stereocenters. The van der Waals surface area contributed by atoms with E-state index in [-0.39, 0.29) is 10.8 Å². The van der Waals surface area contributed by atoms with Gasteiger partial charge in [-0.25, -0.2) is 13.4 Å². The summed E-state index contributed by atoms with van der Waals surface area (Å²) in [6.45, 7) is 2.72. The van der Waals surface area contributed by atoms with Crippen LogP contribution < -0.4 is 10.6 Å². The Kier molecular flexibility index (Phi) is 7.54. The lowest BCUT2D eigenvalue weighted by Gasteiger charge is -2.34. The minimum atomic E-state index is -3.86. The van der Waals surface area contributed by atoms with Crippen LogP contribution in [0.15, 0.2) is 35.5 Å². The van der Waals surface area contributed by atoms with Crippen molar-refractivity contribution in [2.45, 2.75) is 55.9 Å². The zero-order valence-electron chi connectivity index (χ0n) is 19.2. The minimum absolute atomic E-state index is 0.100. The van der Waals surface area contributed by atoms with E-state index in [1.54, 1.807) is 31.6 Å². The Labute approximate surface area is 196 Å². The lowest BCUT2D eigenvalue weighted by molar-refractivity contribution is -0.136. The molecule has 1 aromatic heterocycles. The van der Waals surface area contributed by atoms with Crippen LogP contribution in [0.25, 0.3) is 0 Å². The van der Waals surface area contributed by atoms with Gasteiger partial charge < -0.3 is 20.5 Å². The van der Waals surface area contributed by atoms with E-state index in [0.29, 0.717) is 44.1 Å². The summed E-state index contributed by atoms with van der Waals surface area (Å²) >= 11 is 0. The second-order valence-corrected chi connectivity index (χ2v) is 10.7. The third-order valence-corrected chi connectivity index (χ3v) is 8.44. The number of rotatable bonds is 9. The molecule has 1 saturated heterocycles. The SMILES string of the molecule is CN([C@@H](CCCNc1ncc[nH]1)C(=O)N1CCCCC1)S(=O)(=O)c1cccc2c1NCCC2. The van der Waals surface area contributed by atoms with Crippen molar-refractivity contribution in [2.75, 3.05) is 43.9 Å². The van der Waals surface area contributed by atoms with Gasteiger partial charge in [-0.1, -0.05) is 12.1 Å². The number of hydrogen-bond acceptors (Lipinski definition) is 6. The maximum Gasteiger partial charge on any atom is 0.245 e. The molecule has 4 rings (SSSR count). The molecule has 3 heterocycles. The summed E-state index contributed by atoms with van der Waals surface area (Å²) in [5, 5.41) is 6.45. The number of nitrogens with one attached hydrogen (secondary N) is 3. The maximum absolute atomic E-state index is 13.7. The number of aryl methyl sites for hydroxylation is 1. The van der Waals surface area contributed by atoms with Crippen molar-refractivity contribution in [1.82, 2.24) is 19.2 Å². The standard InChI is InChI=1S/C23H34N6O3S/c1-28(33(31,32)20-11-5-8-18-9-6-12-24-21(18)20)19(22(30)29-16-3-2-4-17-29)10-7-13-25-23-26-14-15-27-23/h5,8,11,14-15,19,24H,2-4,6-7,9-10,12-13,16-17H2,1H3,(H2,25,26,27)/t19-/m0/s1. The number of benzene rings is 1. The fraction of sp³-hybridized carbons (Fsp3) is 0.565. The number of para-hydroxylation sites is 1. The molecule has 10 heteroatoms. The molecule has 3 N–H and O–H groups in total. The number of anilines is 2. The van der Waals surface area contributed by atoms with Crippen molar-refractivity contribution >= 4 is 27.6 Å². The molecule has 33 heavy (non-hydrogen) atoms. The van der Waals surface area contributed by atoms with Crippen LogP contribution in [0, 0.1) is 0 Å². The molecule has 2 aromatic rings. The topological polar surface area (TPSA) is 110 Å². The maximum atomic E-state index is 13.7. The van der Waals surface area contributed by atoms with Gasteiger partial charge in [-0.15, -0.1) is 0 Å². The molecule has 0 unspecified atom stereocenters. The molecule has 1 fully saturated rings. The number of sulfonamides is 1. The Morgan fingerprint density at radius 1 is 1.24 bits per heavy atom. The van der Waals surface area contributed by atoms with E-state index in [4.69, 9.17) is 0 Å². The van der Waals surface area contributed by atoms with Gasteiger partial charge in [-0.2, -0.15) is 4.31 Å². The van der Waals surface area contributed by atoms with Crippen molar-refractivity contribution in [3.63, 3.8) is 0 Å². The smallest absolute Gasteiger partial charge is 0.245 e. The summed E-state index contributed by atoms with van der Waals surface area (Å²) < 4.78 is 28.8. The molecule has 0 spiro atoms. The quantitative estimate of drug-likeness (QED) is 0.482. The fourth-order valence-corrected chi connectivity index (χ4v) is 6.22. The fourth-order valence-electron chi connectivity index (χ4n) is 4.67. The molecule has 2 aliphatic heterocycles. The predicted molar refractivity (Wildman–Crippen MR) is 129 cm³/mol. The second kappa shape index (κ2) is 10.6. The van der Waals surface area contributed by atoms with Gasteiger partial charge >= 0.3 is 0 Å². The molecule has 0 radical (unpaired) electrons. The van der Waals surface area contributed by atoms with E-state index in [0.717, 1.165) is 44.2 Å². The van der Waals surface area contributed by atoms with Gasteiger partial charge in [-0.05, 0) is 56.6 Å². The van der Waals surface area contributed by atoms with Crippen LogP contribution in [0.3, 0.4) is 0 Å². The lowest BCUT2D eigenvalue weighted by Crippen LogP contribution is -2.50. The number of nitrogens with zero attached hydrogens (tertiary/aromatic N) is 3. The molecule has 0 saturated carbocycles. The number of carbonyl (C=O) groups is 1. The Morgan fingerprint density at radius 3 is 2.82 bits per heavy atom. The normalized spacial score (nSPS) is 17.3. The van der Waals surface area contributed by atoms with E-state index in [1.165, 1.54) is 4.31 Å². The third-order valence-electron chi connectivity index (χ3n) is 6.53. The highest BCUT2D eigenvalue weighted by molar-refractivity contribution is 7.89. The Hall–Kier alpha value is -2.59. The number of aromatic amines is 1. The third kappa shape index (κ3) is 5.33. The molecule has 1 aromatic carbocycles. The van der Waals surface area contributed by atoms with Crippen LogP contribution in [-0.4, -0.2) is 72.8 Å². The van der Waals surface area contributed by atoms with Gasteiger partial charge in [0.25, 0.3) is 0 Å². The van der Waals surface area contributed by atoms with Gasteiger partial charge in [-0.3, -0.25) is 4.79 Å². The Morgan fingerprint density at radius 2 is 2.06 bits per heavy atom. The van der Waals surface area contributed by atoms with Crippen molar-refractivity contribution < 1.29 is 13.2 Å². The molecule has 2 aliphatic rings. The van der Waals surface area contributed by atoms with Crippen LogP contribution in [-0.2, 0) is 21.2 Å². The van der Waals surface area contributed by atoms with Gasteiger partial charge in [0.2, 0.25) is 15.9 Å². The number of amides is 1. The van der Waals surface area contributed by atoms with E-state index >= 15 is 0 Å². The first-order valence-corrected chi connectivity index (χ1v) is 13.3. The number of aromatic nitrogens is 2. The summed E-state index contributed by atoms with van der Waals surface area (Å²) in [4.78, 5) is 22.7. The van der Waals surface area contributed by atoms with Crippen molar-refractivity contribution in [3.8, 4) is 0 Å². The monoisotopic (exact) mass is 474 g/mol. The first-order valence-electron chi connectivity index (χ1n) is 11.8. The van der Waals surface area contributed by atoms with E-state index in [2.05, 4.69) is 20.6 Å². The van der Waals surface area contributed by atoms with Crippen LogP contribution in [0.1, 0.15) is 44.1 Å². The first-order chi connectivity index (χ1) is 16.0. The summed E-state index contributed by atoms with van der Waals surface area (Å²) in [5.74, 6) is 0.563. The van der Waals surface area contributed by atoms with Crippen LogP contribution in [0.2, 0.25) is 0 Å². The Bertz CT molecular complexity index is 1030. The van der Waals surface area contributed by atoms with Crippen molar-refractivity contribution in [1.29, 1.82) is 0 Å². The zero-order chi connectivity index (χ0) is 23.3. The summed E-state index contributed by atoms with van der Waals surface area (Å²) in [6, 6.07) is 4.66. The zero-order valence-corrected chi connectivity index (χ0v) is 20.0. The number of hydrogen-bond donors (Lipinski definition) is 3. The number of imidazole rings is 1. The highest BCUT2D eigenvalue weighted by atomic mass is 32.2. The molecule has 9 nitrogen and oxygen atoms in total. The summed E-state index contributed by atoms with van der Waals surface area (Å²) in [7, 11) is -2.31. The van der Waals surface area contributed by atoms with Crippen LogP contribution >= 0.6 is 0 Å². The van der Waals surface area contributed by atoms with Crippen molar-refractivity contribution in [3.05, 3.63) is 36.2 Å². The number of H-pyrrole nitrogens is 1. The number of piperidine rings is 1. The van der Waals surface area contributed by atoms with Gasteiger partial charge in [0.1, 0.15) is 10.9 Å². The largest absolute Gasteiger partial charge is 0.384 e. The molecule has 0 aliphatic carbocycles. The molecule has 1 amide bonds. The van der Waals surface area contributed by atoms with Gasteiger partial charge in [0.05, 0.1) is 5.69 Å².